The van der Waals surface area contributed by atoms with Crippen molar-refractivity contribution in [2.75, 3.05) is 0 Å². The van der Waals surface area contributed by atoms with E-state index < -0.39 is 5.97 Å². The number of aliphatic carboxylic acids is 1. The summed E-state index contributed by atoms with van der Waals surface area (Å²) < 4.78 is 1.92. The Morgan fingerprint density at radius 2 is 1.84 bits per heavy atom. The fourth-order valence-electron chi connectivity index (χ4n) is 4.69. The lowest BCUT2D eigenvalue weighted by molar-refractivity contribution is -0.143. The molecule has 0 radical (unpaired) electrons. The van der Waals surface area contributed by atoms with Crippen LogP contribution in [0, 0.1) is 10.7 Å². The molecule has 0 bridgehead atoms. The molecule has 7 nitrogen and oxygen atoms in total. The number of rotatable bonds is 3. The maximum absolute atomic E-state index is 13.3. The van der Waals surface area contributed by atoms with Crippen LogP contribution < -0.4 is 5.56 Å². The first-order valence-corrected chi connectivity index (χ1v) is 11.7. The summed E-state index contributed by atoms with van der Waals surface area (Å²) >= 11 is 17.5. The summed E-state index contributed by atoms with van der Waals surface area (Å²) in [5, 5.41) is 9.92. The van der Waals surface area contributed by atoms with Gasteiger partial charge in [-0.25, -0.2) is 0 Å². The van der Waals surface area contributed by atoms with Gasteiger partial charge in [-0.2, -0.15) is 0 Å². The van der Waals surface area contributed by atoms with Gasteiger partial charge in [0.05, 0.1) is 22.5 Å². The Hall–Kier alpha value is -2.16. The molecule has 1 amide bonds. The number of hydrogen-bond donors (Lipinski definition) is 2. The molecule has 2 heterocycles. The zero-order chi connectivity index (χ0) is 23.2. The van der Waals surface area contributed by atoms with Gasteiger partial charge in [-0.3, -0.25) is 19.0 Å². The molecule has 1 aliphatic heterocycles. The molecule has 1 aromatic heterocycles. The van der Waals surface area contributed by atoms with E-state index in [9.17, 15) is 19.5 Å². The predicted octanol–water partition coefficient (Wildman–Crippen LogP) is 4.62. The van der Waals surface area contributed by atoms with Gasteiger partial charge in [0.1, 0.15) is 0 Å². The molecule has 32 heavy (non-hydrogen) atoms. The van der Waals surface area contributed by atoms with Gasteiger partial charge in [0.25, 0.3) is 11.5 Å². The van der Waals surface area contributed by atoms with E-state index in [1.165, 1.54) is 0 Å². The molecule has 10 heteroatoms. The van der Waals surface area contributed by atoms with Crippen molar-refractivity contribution >= 4 is 47.3 Å². The molecule has 1 aromatic carbocycles. The molecule has 1 unspecified atom stereocenters. The van der Waals surface area contributed by atoms with Crippen LogP contribution in [0.2, 0.25) is 10.0 Å². The highest BCUT2D eigenvalue weighted by atomic mass is 35.5. The third-order valence-electron chi connectivity index (χ3n) is 6.52. The number of carboxylic acids is 1. The number of halogens is 2. The first kappa shape index (κ1) is 23.0. The van der Waals surface area contributed by atoms with Crippen LogP contribution >= 0.6 is 35.4 Å². The topological polar surface area (TPSA) is 95.4 Å². The number of hydrogen-bond acceptors (Lipinski definition) is 4. The summed E-state index contributed by atoms with van der Waals surface area (Å²) in [6.45, 7) is 2.14. The molecule has 1 saturated carbocycles. The second kappa shape index (κ2) is 9.00. The molecule has 2 aliphatic rings. The van der Waals surface area contributed by atoms with Gasteiger partial charge in [-0.05, 0) is 69.4 Å². The van der Waals surface area contributed by atoms with Crippen LogP contribution in [0.4, 0.5) is 0 Å². The molecule has 1 aliphatic carbocycles. The minimum Gasteiger partial charge on any atom is -0.481 e. The van der Waals surface area contributed by atoms with E-state index in [0.717, 1.165) is 0 Å². The summed E-state index contributed by atoms with van der Waals surface area (Å²) in [4.78, 5) is 42.6. The lowest BCUT2D eigenvalue weighted by atomic mass is 9.86. The standard InChI is InChI=1S/C22H23Cl2N3O4S/c1-11-8-15-18(10-26(11)19(28)13-4-7-16(23)17(24)9-13)25-22(32)27(20(15)29)14-5-2-12(3-6-14)21(30)31/h4,7,9,11-12,14H,2-3,5-6,8,10H2,1H3,(H,25,32)(H,30,31). The van der Waals surface area contributed by atoms with Crippen LogP contribution in [-0.4, -0.2) is 37.5 Å². The van der Waals surface area contributed by atoms with E-state index >= 15 is 0 Å². The Morgan fingerprint density at radius 3 is 2.47 bits per heavy atom. The van der Waals surface area contributed by atoms with Crippen molar-refractivity contribution in [3.05, 3.63) is 60.2 Å². The summed E-state index contributed by atoms with van der Waals surface area (Å²) in [6.07, 6.45) is 2.66. The second-order valence-electron chi connectivity index (χ2n) is 8.52. The normalized spacial score (nSPS) is 23.0. The van der Waals surface area contributed by atoms with Crippen molar-refractivity contribution in [2.24, 2.45) is 5.92 Å². The number of benzene rings is 1. The lowest BCUT2D eigenvalue weighted by Crippen LogP contribution is -2.46. The molecule has 0 saturated heterocycles. The molecule has 1 fully saturated rings. The van der Waals surface area contributed by atoms with E-state index in [4.69, 9.17) is 35.4 Å². The summed E-state index contributed by atoms with van der Waals surface area (Å²) in [6, 6.07) is 4.45. The Morgan fingerprint density at radius 1 is 1.16 bits per heavy atom. The quantitative estimate of drug-likeness (QED) is 0.605. The molecule has 170 valence electrons. The maximum atomic E-state index is 13.3. The van der Waals surface area contributed by atoms with Gasteiger partial charge < -0.3 is 15.0 Å². The SMILES string of the molecule is CC1Cc2c([nH]c(=S)n(C3CCC(C(=O)O)CC3)c2=O)CN1C(=O)c1ccc(Cl)c(Cl)c1. The number of nitrogens with one attached hydrogen (secondary N) is 1. The number of aromatic amines is 1. The third kappa shape index (κ3) is 4.23. The summed E-state index contributed by atoms with van der Waals surface area (Å²) in [5.74, 6) is -1.35. The van der Waals surface area contributed by atoms with Crippen molar-refractivity contribution in [2.45, 2.75) is 57.7 Å². The minimum atomic E-state index is -0.785. The number of H-pyrrole nitrogens is 1. The number of amides is 1. The smallest absolute Gasteiger partial charge is 0.306 e. The molecule has 2 aromatic rings. The van der Waals surface area contributed by atoms with E-state index in [0.29, 0.717) is 63.7 Å². The number of carboxylic acid groups (broad SMARTS) is 1. The van der Waals surface area contributed by atoms with Gasteiger partial charge in [0.15, 0.2) is 4.77 Å². The monoisotopic (exact) mass is 495 g/mol. The number of nitrogens with zero attached hydrogens (tertiary/aromatic N) is 2. The number of fused-ring (bicyclic) bond motifs is 1. The molecular formula is C22H23Cl2N3O4S. The molecular weight excluding hydrogens is 473 g/mol. The van der Waals surface area contributed by atoms with Crippen LogP contribution in [0.1, 0.15) is 60.3 Å². The van der Waals surface area contributed by atoms with Gasteiger partial charge in [0, 0.05) is 28.9 Å². The minimum absolute atomic E-state index is 0.113. The van der Waals surface area contributed by atoms with E-state index in [2.05, 4.69) is 4.98 Å². The first-order chi connectivity index (χ1) is 15.2. The van der Waals surface area contributed by atoms with Crippen molar-refractivity contribution in [3.8, 4) is 0 Å². The van der Waals surface area contributed by atoms with Gasteiger partial charge in [-0.15, -0.1) is 0 Å². The summed E-state index contributed by atoms with van der Waals surface area (Å²) in [7, 11) is 0. The highest BCUT2D eigenvalue weighted by Crippen LogP contribution is 2.32. The lowest BCUT2D eigenvalue weighted by Gasteiger charge is -2.35. The zero-order valence-electron chi connectivity index (χ0n) is 17.4. The Labute approximate surface area is 200 Å². The third-order valence-corrected chi connectivity index (χ3v) is 7.55. The van der Waals surface area contributed by atoms with Crippen LogP contribution in [0.3, 0.4) is 0 Å². The number of carbonyl (C=O) groups excluding carboxylic acids is 1. The summed E-state index contributed by atoms with van der Waals surface area (Å²) in [5.41, 5.74) is 1.56. The highest BCUT2D eigenvalue weighted by Gasteiger charge is 2.33. The van der Waals surface area contributed by atoms with Crippen molar-refractivity contribution in [1.82, 2.24) is 14.5 Å². The molecule has 1 atom stereocenters. The number of carbonyl (C=O) groups is 2. The van der Waals surface area contributed by atoms with Crippen molar-refractivity contribution < 1.29 is 14.7 Å². The van der Waals surface area contributed by atoms with Gasteiger partial charge in [0.2, 0.25) is 0 Å². The van der Waals surface area contributed by atoms with Gasteiger partial charge in [-0.1, -0.05) is 23.2 Å². The Kier molecular flexibility index (Phi) is 6.47. The van der Waals surface area contributed by atoms with Crippen LogP contribution in [-0.2, 0) is 17.8 Å². The fourth-order valence-corrected chi connectivity index (χ4v) is 5.34. The Balaban J connectivity index is 1.61. The van der Waals surface area contributed by atoms with Crippen molar-refractivity contribution in [1.29, 1.82) is 0 Å². The van der Waals surface area contributed by atoms with E-state index in [-0.39, 0.29) is 36.0 Å². The predicted molar refractivity (Wildman–Crippen MR) is 124 cm³/mol. The molecule has 2 N–H and O–H groups in total. The zero-order valence-corrected chi connectivity index (χ0v) is 19.8. The van der Waals surface area contributed by atoms with Crippen molar-refractivity contribution in [3.63, 3.8) is 0 Å². The van der Waals surface area contributed by atoms with Gasteiger partial charge >= 0.3 is 5.97 Å². The maximum Gasteiger partial charge on any atom is 0.306 e. The first-order valence-electron chi connectivity index (χ1n) is 10.5. The Bertz CT molecular complexity index is 1200. The molecule has 0 spiro atoms. The molecule has 4 rings (SSSR count). The average molecular weight is 496 g/mol. The van der Waals surface area contributed by atoms with Crippen LogP contribution in [0.25, 0.3) is 0 Å². The number of aromatic nitrogens is 2. The van der Waals surface area contributed by atoms with E-state index in [1.54, 1.807) is 27.7 Å². The van der Waals surface area contributed by atoms with Crippen LogP contribution in [0.5, 0.6) is 0 Å². The largest absolute Gasteiger partial charge is 0.481 e. The highest BCUT2D eigenvalue weighted by molar-refractivity contribution is 7.71. The van der Waals surface area contributed by atoms with E-state index in [1.807, 2.05) is 6.92 Å². The van der Waals surface area contributed by atoms with Crippen LogP contribution in [0.15, 0.2) is 23.0 Å². The fraction of sp³-hybridized carbons (Fsp3) is 0.455. The average Bonchev–Trinajstić information content (AvgIpc) is 2.76. The second-order valence-corrected chi connectivity index (χ2v) is 9.72.